The van der Waals surface area contributed by atoms with Crippen LogP contribution in [0.25, 0.3) is 0 Å². The van der Waals surface area contributed by atoms with Crippen LogP contribution >= 0.6 is 0 Å². The van der Waals surface area contributed by atoms with E-state index < -0.39 is 0 Å². The lowest BCUT2D eigenvalue weighted by Gasteiger charge is -2.30. The molecule has 0 saturated heterocycles. The Labute approximate surface area is 104 Å². The van der Waals surface area contributed by atoms with Crippen molar-refractivity contribution in [1.82, 2.24) is 4.90 Å². The summed E-state index contributed by atoms with van der Waals surface area (Å²) < 4.78 is 13.0. The number of hydrogen-bond acceptors (Lipinski definition) is 2. The van der Waals surface area contributed by atoms with E-state index in [0.717, 1.165) is 18.5 Å². The second kappa shape index (κ2) is 6.72. The second-order valence-electron chi connectivity index (χ2n) is 4.91. The highest BCUT2D eigenvalue weighted by molar-refractivity contribution is 5.16. The van der Waals surface area contributed by atoms with Crippen LogP contribution in [-0.2, 0) is 6.42 Å². The molecule has 0 radical (unpaired) electrons. The first-order valence-electron chi connectivity index (χ1n) is 6.19. The summed E-state index contributed by atoms with van der Waals surface area (Å²) >= 11 is 0. The largest absolute Gasteiger partial charge is 0.329 e. The van der Waals surface area contributed by atoms with Gasteiger partial charge < -0.3 is 10.6 Å². The predicted molar refractivity (Wildman–Crippen MR) is 70.4 cm³/mol. The Bertz CT molecular complexity index is 339. The first kappa shape index (κ1) is 14.1. The number of nitrogens with two attached hydrogens (primary N) is 1. The van der Waals surface area contributed by atoms with Crippen molar-refractivity contribution in [2.75, 3.05) is 20.1 Å². The summed E-state index contributed by atoms with van der Waals surface area (Å²) in [6.07, 6.45) is 0.859. The molecule has 2 nitrogen and oxygen atoms in total. The Morgan fingerprint density at radius 3 is 2.59 bits per heavy atom. The molecule has 1 aromatic rings. The molecule has 0 heterocycles. The number of halogens is 1. The third-order valence-corrected chi connectivity index (χ3v) is 3.22. The fourth-order valence-electron chi connectivity index (χ4n) is 2.12. The summed E-state index contributed by atoms with van der Waals surface area (Å²) in [5.74, 6) is 0.377. The molecule has 0 fully saturated rings. The van der Waals surface area contributed by atoms with Gasteiger partial charge in [-0.3, -0.25) is 0 Å². The van der Waals surface area contributed by atoms with Gasteiger partial charge in [0.1, 0.15) is 5.82 Å². The average Bonchev–Trinajstić information content (AvgIpc) is 2.27. The van der Waals surface area contributed by atoms with E-state index in [-0.39, 0.29) is 5.82 Å². The van der Waals surface area contributed by atoms with Crippen LogP contribution in [0, 0.1) is 11.7 Å². The van der Waals surface area contributed by atoms with Gasteiger partial charge in [-0.25, -0.2) is 4.39 Å². The summed E-state index contributed by atoms with van der Waals surface area (Å²) in [5, 5.41) is 0. The number of likely N-dealkylation sites (N-methyl/N-ethyl adjacent to an activating group) is 1. The molecule has 0 aliphatic heterocycles. The van der Waals surface area contributed by atoms with Gasteiger partial charge in [0, 0.05) is 19.1 Å². The maximum absolute atomic E-state index is 13.0. The summed E-state index contributed by atoms with van der Waals surface area (Å²) in [5.41, 5.74) is 6.80. The molecular formula is C14H23FN2. The molecule has 96 valence electrons. The number of rotatable bonds is 6. The van der Waals surface area contributed by atoms with Crippen molar-refractivity contribution >= 4 is 0 Å². The van der Waals surface area contributed by atoms with E-state index in [1.165, 1.54) is 6.07 Å². The van der Waals surface area contributed by atoms with Crippen molar-refractivity contribution in [3.05, 3.63) is 35.6 Å². The van der Waals surface area contributed by atoms with Gasteiger partial charge in [-0.2, -0.15) is 0 Å². The maximum atomic E-state index is 13.0. The van der Waals surface area contributed by atoms with Crippen LogP contribution in [0.2, 0.25) is 0 Å². The monoisotopic (exact) mass is 238 g/mol. The molecule has 1 aromatic carbocycles. The van der Waals surface area contributed by atoms with E-state index in [4.69, 9.17) is 5.73 Å². The van der Waals surface area contributed by atoms with Crippen molar-refractivity contribution in [3.63, 3.8) is 0 Å². The van der Waals surface area contributed by atoms with E-state index in [2.05, 4.69) is 25.8 Å². The van der Waals surface area contributed by atoms with Crippen LogP contribution in [0.5, 0.6) is 0 Å². The SMILES string of the molecule is CC(C)C(CN)N(C)CCc1cccc(F)c1. The summed E-state index contributed by atoms with van der Waals surface area (Å²) in [6.45, 7) is 5.92. The van der Waals surface area contributed by atoms with Gasteiger partial charge >= 0.3 is 0 Å². The highest BCUT2D eigenvalue weighted by atomic mass is 19.1. The van der Waals surface area contributed by atoms with Crippen LogP contribution < -0.4 is 5.73 Å². The Morgan fingerprint density at radius 1 is 1.35 bits per heavy atom. The van der Waals surface area contributed by atoms with Crippen molar-refractivity contribution in [1.29, 1.82) is 0 Å². The molecule has 0 aliphatic carbocycles. The second-order valence-corrected chi connectivity index (χ2v) is 4.91. The lowest BCUT2D eigenvalue weighted by Crippen LogP contribution is -2.42. The summed E-state index contributed by atoms with van der Waals surface area (Å²) in [6, 6.07) is 7.19. The third kappa shape index (κ3) is 4.44. The van der Waals surface area contributed by atoms with Gasteiger partial charge in [-0.1, -0.05) is 26.0 Å². The first-order chi connectivity index (χ1) is 8.04. The summed E-state index contributed by atoms with van der Waals surface area (Å²) in [4.78, 5) is 2.26. The van der Waals surface area contributed by atoms with Crippen LogP contribution in [0.1, 0.15) is 19.4 Å². The molecular weight excluding hydrogens is 215 g/mol. The fraction of sp³-hybridized carbons (Fsp3) is 0.571. The van der Waals surface area contributed by atoms with Gasteiger partial charge in [0.05, 0.1) is 0 Å². The highest BCUT2D eigenvalue weighted by Gasteiger charge is 2.16. The first-order valence-corrected chi connectivity index (χ1v) is 6.19. The van der Waals surface area contributed by atoms with Crippen LogP contribution in [0.15, 0.2) is 24.3 Å². The third-order valence-electron chi connectivity index (χ3n) is 3.22. The van der Waals surface area contributed by atoms with E-state index in [1.807, 2.05) is 6.07 Å². The molecule has 0 aliphatic rings. The van der Waals surface area contributed by atoms with Crippen molar-refractivity contribution in [2.45, 2.75) is 26.3 Å². The number of nitrogens with zero attached hydrogens (tertiary/aromatic N) is 1. The molecule has 0 saturated carbocycles. The normalized spacial score (nSPS) is 13.4. The molecule has 3 heteroatoms. The average molecular weight is 238 g/mol. The van der Waals surface area contributed by atoms with Crippen LogP contribution in [-0.4, -0.2) is 31.1 Å². The Kier molecular flexibility index (Phi) is 5.59. The van der Waals surface area contributed by atoms with Gasteiger partial charge in [0.15, 0.2) is 0 Å². The van der Waals surface area contributed by atoms with Gasteiger partial charge in [-0.15, -0.1) is 0 Å². The number of hydrogen-bond donors (Lipinski definition) is 1. The van der Waals surface area contributed by atoms with E-state index in [0.29, 0.717) is 18.5 Å². The molecule has 1 atom stereocenters. The predicted octanol–water partition coefficient (Wildman–Crippen LogP) is 2.28. The molecule has 0 bridgehead atoms. The van der Waals surface area contributed by atoms with E-state index in [1.54, 1.807) is 12.1 Å². The molecule has 1 rings (SSSR count). The molecule has 0 amide bonds. The van der Waals surface area contributed by atoms with Gasteiger partial charge in [0.25, 0.3) is 0 Å². The molecule has 0 aromatic heterocycles. The molecule has 17 heavy (non-hydrogen) atoms. The minimum Gasteiger partial charge on any atom is -0.329 e. The van der Waals surface area contributed by atoms with Crippen LogP contribution in [0.3, 0.4) is 0 Å². The van der Waals surface area contributed by atoms with Crippen molar-refractivity contribution in [2.24, 2.45) is 11.7 Å². The summed E-state index contributed by atoms with van der Waals surface area (Å²) in [7, 11) is 2.08. The standard InChI is InChI=1S/C14H23FN2/c1-11(2)14(10-16)17(3)8-7-12-5-4-6-13(15)9-12/h4-6,9,11,14H,7-8,10,16H2,1-3H3. The molecule has 1 unspecified atom stereocenters. The van der Waals surface area contributed by atoms with Gasteiger partial charge in [-0.05, 0) is 37.1 Å². The lowest BCUT2D eigenvalue weighted by atomic mass is 10.0. The van der Waals surface area contributed by atoms with E-state index >= 15 is 0 Å². The Balaban J connectivity index is 2.50. The van der Waals surface area contributed by atoms with Gasteiger partial charge in [0.2, 0.25) is 0 Å². The zero-order chi connectivity index (χ0) is 12.8. The molecule has 2 N–H and O–H groups in total. The van der Waals surface area contributed by atoms with Crippen molar-refractivity contribution < 1.29 is 4.39 Å². The number of benzene rings is 1. The zero-order valence-corrected chi connectivity index (χ0v) is 11.0. The van der Waals surface area contributed by atoms with Crippen LogP contribution in [0.4, 0.5) is 4.39 Å². The van der Waals surface area contributed by atoms with Crippen molar-refractivity contribution in [3.8, 4) is 0 Å². The topological polar surface area (TPSA) is 29.3 Å². The quantitative estimate of drug-likeness (QED) is 0.824. The Hall–Kier alpha value is -0.930. The minimum atomic E-state index is -0.163. The fourth-order valence-corrected chi connectivity index (χ4v) is 2.12. The maximum Gasteiger partial charge on any atom is 0.123 e. The molecule has 0 spiro atoms. The minimum absolute atomic E-state index is 0.163. The zero-order valence-electron chi connectivity index (χ0n) is 11.0. The lowest BCUT2D eigenvalue weighted by molar-refractivity contribution is 0.199. The van der Waals surface area contributed by atoms with E-state index in [9.17, 15) is 4.39 Å². The highest BCUT2D eigenvalue weighted by Crippen LogP contribution is 2.10. The Morgan fingerprint density at radius 2 is 2.06 bits per heavy atom. The smallest absolute Gasteiger partial charge is 0.123 e.